The molecule has 0 bridgehead atoms. The van der Waals surface area contributed by atoms with E-state index in [1.807, 2.05) is 12.1 Å². The third-order valence-electron chi connectivity index (χ3n) is 1.80. The Bertz CT molecular complexity index is 348. The predicted molar refractivity (Wildman–Crippen MR) is 62.0 cm³/mol. The summed E-state index contributed by atoms with van der Waals surface area (Å²) in [5.41, 5.74) is 6.03. The Morgan fingerprint density at radius 2 is 1.87 bits per heavy atom. The topological polar surface area (TPSA) is 46.3 Å². The largest absolute Gasteiger partial charge is 0.369 e. The Morgan fingerprint density at radius 3 is 2.33 bits per heavy atom. The fourth-order valence-electron chi connectivity index (χ4n) is 1.34. The van der Waals surface area contributed by atoms with Crippen molar-refractivity contribution in [1.82, 2.24) is 4.90 Å². The SMILES string of the molecule is CN(CC(N)=O)Cc1cc(Cl)cc(Cl)c1. The molecule has 0 saturated carbocycles. The van der Waals surface area contributed by atoms with Gasteiger partial charge < -0.3 is 5.73 Å². The number of primary amides is 1. The van der Waals surface area contributed by atoms with Crippen LogP contribution in [0, 0.1) is 0 Å². The van der Waals surface area contributed by atoms with E-state index in [-0.39, 0.29) is 12.5 Å². The van der Waals surface area contributed by atoms with Gasteiger partial charge in [0.1, 0.15) is 0 Å². The molecule has 0 radical (unpaired) electrons. The third kappa shape index (κ3) is 4.51. The molecule has 0 aromatic heterocycles. The summed E-state index contributed by atoms with van der Waals surface area (Å²) < 4.78 is 0. The highest BCUT2D eigenvalue weighted by atomic mass is 35.5. The molecule has 82 valence electrons. The Hall–Kier alpha value is -0.770. The van der Waals surface area contributed by atoms with Crippen LogP contribution in [0.4, 0.5) is 0 Å². The number of nitrogens with zero attached hydrogens (tertiary/aromatic N) is 1. The number of nitrogens with two attached hydrogens (primary N) is 1. The number of hydrogen-bond acceptors (Lipinski definition) is 2. The first-order valence-electron chi connectivity index (χ1n) is 4.39. The lowest BCUT2D eigenvalue weighted by atomic mass is 10.2. The molecule has 3 nitrogen and oxygen atoms in total. The van der Waals surface area contributed by atoms with Gasteiger partial charge in [-0.05, 0) is 30.8 Å². The van der Waals surface area contributed by atoms with E-state index in [0.29, 0.717) is 16.6 Å². The normalized spacial score (nSPS) is 10.7. The van der Waals surface area contributed by atoms with E-state index in [1.165, 1.54) is 0 Å². The zero-order valence-corrected chi connectivity index (χ0v) is 9.85. The fraction of sp³-hybridized carbons (Fsp3) is 0.300. The highest BCUT2D eigenvalue weighted by molar-refractivity contribution is 6.34. The van der Waals surface area contributed by atoms with Gasteiger partial charge in [0.2, 0.25) is 5.91 Å². The van der Waals surface area contributed by atoms with E-state index in [0.717, 1.165) is 5.56 Å². The van der Waals surface area contributed by atoms with E-state index in [1.54, 1.807) is 18.0 Å². The fourth-order valence-corrected chi connectivity index (χ4v) is 1.91. The van der Waals surface area contributed by atoms with Crippen LogP contribution in [0.5, 0.6) is 0 Å². The molecule has 0 aliphatic carbocycles. The second kappa shape index (κ2) is 5.35. The van der Waals surface area contributed by atoms with Gasteiger partial charge in [-0.2, -0.15) is 0 Å². The molecule has 0 unspecified atom stereocenters. The summed E-state index contributed by atoms with van der Waals surface area (Å²) in [6, 6.07) is 5.29. The lowest BCUT2D eigenvalue weighted by Crippen LogP contribution is -2.30. The molecule has 0 fully saturated rings. The van der Waals surface area contributed by atoms with Crippen molar-refractivity contribution in [1.29, 1.82) is 0 Å². The molecule has 0 atom stereocenters. The Morgan fingerprint density at radius 1 is 1.33 bits per heavy atom. The summed E-state index contributed by atoms with van der Waals surface area (Å²) in [7, 11) is 1.81. The minimum absolute atomic E-state index is 0.212. The summed E-state index contributed by atoms with van der Waals surface area (Å²) in [6.45, 7) is 0.799. The summed E-state index contributed by atoms with van der Waals surface area (Å²) >= 11 is 11.7. The van der Waals surface area contributed by atoms with Crippen molar-refractivity contribution in [3.8, 4) is 0 Å². The summed E-state index contributed by atoms with van der Waals surface area (Å²) in [6.07, 6.45) is 0. The molecular weight excluding hydrogens is 235 g/mol. The molecule has 5 heteroatoms. The second-order valence-electron chi connectivity index (χ2n) is 3.42. The molecule has 1 amide bonds. The smallest absolute Gasteiger partial charge is 0.231 e. The number of halogens is 2. The number of amides is 1. The summed E-state index contributed by atoms with van der Waals surface area (Å²) in [5.74, 6) is -0.356. The zero-order valence-electron chi connectivity index (χ0n) is 8.34. The third-order valence-corrected chi connectivity index (χ3v) is 2.24. The van der Waals surface area contributed by atoms with Crippen molar-refractivity contribution in [2.24, 2.45) is 5.73 Å². The van der Waals surface area contributed by atoms with Gasteiger partial charge in [-0.1, -0.05) is 23.2 Å². The molecule has 1 aromatic carbocycles. The van der Waals surface area contributed by atoms with Crippen LogP contribution in [-0.4, -0.2) is 24.4 Å². The van der Waals surface area contributed by atoms with Crippen molar-refractivity contribution in [2.75, 3.05) is 13.6 Å². The lowest BCUT2D eigenvalue weighted by Gasteiger charge is -2.14. The number of benzene rings is 1. The van der Waals surface area contributed by atoms with E-state index in [9.17, 15) is 4.79 Å². The molecule has 1 rings (SSSR count). The molecule has 0 aliphatic heterocycles. The van der Waals surface area contributed by atoms with Crippen molar-refractivity contribution in [3.63, 3.8) is 0 Å². The molecule has 0 saturated heterocycles. The number of carbonyl (C=O) groups is 1. The second-order valence-corrected chi connectivity index (χ2v) is 4.29. The standard InChI is InChI=1S/C10H12Cl2N2O/c1-14(6-10(13)15)5-7-2-8(11)4-9(12)3-7/h2-4H,5-6H2,1H3,(H2,13,15). The van der Waals surface area contributed by atoms with Gasteiger partial charge in [-0.25, -0.2) is 0 Å². The number of carbonyl (C=O) groups excluding carboxylic acids is 1. The molecule has 15 heavy (non-hydrogen) atoms. The summed E-state index contributed by atoms with van der Waals surface area (Å²) in [5, 5.41) is 1.18. The molecule has 1 aromatic rings. The van der Waals surface area contributed by atoms with Crippen LogP contribution >= 0.6 is 23.2 Å². The van der Waals surface area contributed by atoms with Gasteiger partial charge >= 0.3 is 0 Å². The number of hydrogen-bond donors (Lipinski definition) is 1. The van der Waals surface area contributed by atoms with Gasteiger partial charge in [0.15, 0.2) is 0 Å². The van der Waals surface area contributed by atoms with Crippen LogP contribution in [0.1, 0.15) is 5.56 Å². The van der Waals surface area contributed by atoms with E-state index in [2.05, 4.69) is 0 Å². The Balaban J connectivity index is 2.67. The van der Waals surface area contributed by atoms with Crippen LogP contribution < -0.4 is 5.73 Å². The van der Waals surface area contributed by atoms with E-state index >= 15 is 0 Å². The monoisotopic (exact) mass is 246 g/mol. The van der Waals surface area contributed by atoms with Crippen LogP contribution in [0.15, 0.2) is 18.2 Å². The van der Waals surface area contributed by atoms with Gasteiger partial charge in [0.25, 0.3) is 0 Å². The van der Waals surface area contributed by atoms with Crippen LogP contribution in [-0.2, 0) is 11.3 Å². The van der Waals surface area contributed by atoms with E-state index < -0.39 is 0 Å². The molecule has 0 heterocycles. The average Bonchev–Trinajstić information content (AvgIpc) is 1.98. The highest BCUT2D eigenvalue weighted by Gasteiger charge is 2.05. The van der Waals surface area contributed by atoms with Gasteiger partial charge in [0, 0.05) is 16.6 Å². The Kier molecular flexibility index (Phi) is 4.39. The Labute approximate surface area is 98.8 Å². The van der Waals surface area contributed by atoms with Crippen LogP contribution in [0.2, 0.25) is 10.0 Å². The predicted octanol–water partition coefficient (Wildman–Crippen LogP) is 1.91. The first-order chi connectivity index (χ1) is 6.97. The van der Waals surface area contributed by atoms with Crippen molar-refractivity contribution >= 4 is 29.1 Å². The van der Waals surface area contributed by atoms with Crippen LogP contribution in [0.25, 0.3) is 0 Å². The van der Waals surface area contributed by atoms with Crippen molar-refractivity contribution in [3.05, 3.63) is 33.8 Å². The highest BCUT2D eigenvalue weighted by Crippen LogP contribution is 2.19. The van der Waals surface area contributed by atoms with Gasteiger partial charge in [0.05, 0.1) is 6.54 Å². The van der Waals surface area contributed by atoms with Gasteiger partial charge in [-0.15, -0.1) is 0 Å². The van der Waals surface area contributed by atoms with E-state index in [4.69, 9.17) is 28.9 Å². The maximum atomic E-state index is 10.7. The maximum absolute atomic E-state index is 10.7. The minimum atomic E-state index is -0.356. The number of likely N-dealkylation sites (N-methyl/N-ethyl adjacent to an activating group) is 1. The molecule has 0 aliphatic rings. The molecule has 0 spiro atoms. The zero-order chi connectivity index (χ0) is 11.4. The first kappa shape index (κ1) is 12.3. The van der Waals surface area contributed by atoms with Crippen LogP contribution in [0.3, 0.4) is 0 Å². The lowest BCUT2D eigenvalue weighted by molar-refractivity contribution is -0.118. The van der Waals surface area contributed by atoms with Crippen molar-refractivity contribution in [2.45, 2.75) is 6.54 Å². The number of rotatable bonds is 4. The van der Waals surface area contributed by atoms with Gasteiger partial charge in [-0.3, -0.25) is 9.69 Å². The minimum Gasteiger partial charge on any atom is -0.369 e. The quantitative estimate of drug-likeness (QED) is 0.883. The maximum Gasteiger partial charge on any atom is 0.231 e. The molecular formula is C10H12Cl2N2O. The molecule has 2 N–H and O–H groups in total. The first-order valence-corrected chi connectivity index (χ1v) is 5.15. The van der Waals surface area contributed by atoms with Crippen molar-refractivity contribution < 1.29 is 4.79 Å². The average molecular weight is 247 g/mol. The summed E-state index contributed by atoms with van der Waals surface area (Å²) in [4.78, 5) is 12.5.